The first-order valence-electron chi connectivity index (χ1n) is 10.1. The summed E-state index contributed by atoms with van der Waals surface area (Å²) in [6.07, 6.45) is 5.09. The topological polar surface area (TPSA) is 93.6 Å². The molecule has 158 valence electrons. The first-order chi connectivity index (χ1) is 13.8. The molecule has 1 amide bonds. The van der Waals surface area contributed by atoms with E-state index in [9.17, 15) is 13.2 Å². The van der Waals surface area contributed by atoms with Crippen molar-refractivity contribution in [2.24, 2.45) is 5.92 Å². The summed E-state index contributed by atoms with van der Waals surface area (Å²) in [4.78, 5) is 15.0. The van der Waals surface area contributed by atoms with Crippen LogP contribution in [-0.2, 0) is 14.8 Å². The lowest BCUT2D eigenvalue weighted by Crippen LogP contribution is -2.52. The van der Waals surface area contributed by atoms with Crippen molar-refractivity contribution in [1.29, 1.82) is 5.41 Å². The SMILES string of the molecule is C=Cc1ccc(S(=O)(=O)N2CCN(C(=O)[C@H]3CC[C@H](NC(C)=N)CC3)CC2)cc1. The third kappa shape index (κ3) is 5.05. The highest BCUT2D eigenvalue weighted by Crippen LogP contribution is 2.27. The van der Waals surface area contributed by atoms with Crippen molar-refractivity contribution >= 4 is 27.8 Å². The van der Waals surface area contributed by atoms with E-state index < -0.39 is 10.0 Å². The zero-order valence-electron chi connectivity index (χ0n) is 16.9. The predicted molar refractivity (Wildman–Crippen MR) is 114 cm³/mol. The van der Waals surface area contributed by atoms with Gasteiger partial charge in [-0.25, -0.2) is 8.42 Å². The van der Waals surface area contributed by atoms with Crippen molar-refractivity contribution in [3.8, 4) is 0 Å². The quantitative estimate of drug-likeness (QED) is 0.567. The van der Waals surface area contributed by atoms with Crippen LogP contribution in [0.25, 0.3) is 6.08 Å². The van der Waals surface area contributed by atoms with Gasteiger partial charge in [-0.05, 0) is 50.3 Å². The Hall–Kier alpha value is -2.19. The van der Waals surface area contributed by atoms with Crippen LogP contribution in [-0.4, -0.2) is 61.6 Å². The van der Waals surface area contributed by atoms with Gasteiger partial charge in [0.1, 0.15) is 0 Å². The van der Waals surface area contributed by atoms with Crippen LogP contribution in [0, 0.1) is 11.3 Å². The number of hydrogen-bond donors (Lipinski definition) is 2. The molecule has 0 unspecified atom stereocenters. The highest BCUT2D eigenvalue weighted by atomic mass is 32.2. The fourth-order valence-corrected chi connectivity index (χ4v) is 5.55. The summed E-state index contributed by atoms with van der Waals surface area (Å²) in [7, 11) is -3.55. The van der Waals surface area contributed by atoms with E-state index in [2.05, 4.69) is 11.9 Å². The molecule has 0 spiro atoms. The molecule has 1 aromatic carbocycles. The first-order valence-corrected chi connectivity index (χ1v) is 11.6. The average Bonchev–Trinajstić information content (AvgIpc) is 2.73. The average molecular weight is 419 g/mol. The Labute approximate surface area is 173 Å². The van der Waals surface area contributed by atoms with Crippen molar-refractivity contribution in [2.45, 2.75) is 43.5 Å². The number of carbonyl (C=O) groups is 1. The first kappa shape index (κ1) is 21.5. The van der Waals surface area contributed by atoms with Crippen molar-refractivity contribution < 1.29 is 13.2 Å². The minimum Gasteiger partial charge on any atom is -0.372 e. The molecule has 2 aliphatic rings. The molecule has 1 heterocycles. The molecule has 1 aliphatic heterocycles. The van der Waals surface area contributed by atoms with Gasteiger partial charge in [-0.3, -0.25) is 10.2 Å². The number of rotatable bonds is 5. The van der Waals surface area contributed by atoms with Gasteiger partial charge < -0.3 is 10.2 Å². The lowest BCUT2D eigenvalue weighted by molar-refractivity contribution is -0.137. The maximum Gasteiger partial charge on any atom is 0.243 e. The molecule has 1 aliphatic carbocycles. The van der Waals surface area contributed by atoms with Gasteiger partial charge in [0.25, 0.3) is 0 Å². The van der Waals surface area contributed by atoms with Gasteiger partial charge in [-0.1, -0.05) is 24.8 Å². The van der Waals surface area contributed by atoms with Crippen LogP contribution >= 0.6 is 0 Å². The number of nitrogens with zero attached hydrogens (tertiary/aromatic N) is 2. The number of benzene rings is 1. The molecule has 1 saturated carbocycles. The monoisotopic (exact) mass is 418 g/mol. The molecule has 8 heteroatoms. The van der Waals surface area contributed by atoms with Gasteiger partial charge in [0, 0.05) is 38.1 Å². The van der Waals surface area contributed by atoms with Crippen LogP contribution in [0.5, 0.6) is 0 Å². The lowest BCUT2D eigenvalue weighted by Gasteiger charge is -2.37. The molecule has 1 aromatic rings. The van der Waals surface area contributed by atoms with Gasteiger partial charge in [-0.2, -0.15) is 4.31 Å². The maximum absolute atomic E-state index is 12.9. The molecule has 0 aromatic heterocycles. The third-order valence-electron chi connectivity index (χ3n) is 5.80. The zero-order chi connectivity index (χ0) is 21.0. The molecular formula is C21H30N4O3S. The second-order valence-electron chi connectivity index (χ2n) is 7.82. The summed E-state index contributed by atoms with van der Waals surface area (Å²) in [5.41, 5.74) is 0.875. The van der Waals surface area contributed by atoms with Gasteiger partial charge >= 0.3 is 0 Å². The highest BCUT2D eigenvalue weighted by Gasteiger charge is 2.34. The van der Waals surface area contributed by atoms with Crippen molar-refractivity contribution in [3.05, 3.63) is 36.4 Å². The van der Waals surface area contributed by atoms with Crippen molar-refractivity contribution in [2.75, 3.05) is 26.2 Å². The summed E-state index contributed by atoms with van der Waals surface area (Å²) >= 11 is 0. The normalized spacial score (nSPS) is 23.4. The second-order valence-corrected chi connectivity index (χ2v) is 9.76. The second kappa shape index (κ2) is 9.09. The molecule has 2 N–H and O–H groups in total. The minimum atomic E-state index is -3.55. The van der Waals surface area contributed by atoms with E-state index >= 15 is 0 Å². The van der Waals surface area contributed by atoms with Crippen LogP contribution in [0.2, 0.25) is 0 Å². The van der Waals surface area contributed by atoms with Gasteiger partial charge in [-0.15, -0.1) is 0 Å². The standard InChI is InChI=1S/C21H30N4O3S/c1-3-17-4-10-20(11-5-17)29(27,28)25-14-12-24(13-15-25)21(26)18-6-8-19(9-7-18)23-16(2)22/h3-5,10-11,18-19H,1,6-9,12-15H2,2H3,(H2,22,23)/t18-,19-. The van der Waals surface area contributed by atoms with E-state index in [1.54, 1.807) is 37.3 Å². The molecule has 1 saturated heterocycles. The van der Waals surface area contributed by atoms with E-state index in [4.69, 9.17) is 5.41 Å². The van der Waals surface area contributed by atoms with Gasteiger partial charge in [0.05, 0.1) is 10.7 Å². The van der Waals surface area contributed by atoms with Crippen molar-refractivity contribution in [1.82, 2.24) is 14.5 Å². The van der Waals surface area contributed by atoms with Crippen LogP contribution in [0.1, 0.15) is 38.2 Å². The number of sulfonamides is 1. The number of carbonyl (C=O) groups excluding carboxylic acids is 1. The largest absolute Gasteiger partial charge is 0.372 e. The number of piperazine rings is 1. The fourth-order valence-electron chi connectivity index (χ4n) is 4.12. The number of amides is 1. The Bertz CT molecular complexity index is 850. The van der Waals surface area contributed by atoms with Crippen LogP contribution in [0.15, 0.2) is 35.7 Å². The Kier molecular flexibility index (Phi) is 6.74. The maximum atomic E-state index is 12.9. The molecule has 0 bridgehead atoms. The fraction of sp³-hybridized carbons (Fsp3) is 0.524. The zero-order valence-corrected chi connectivity index (χ0v) is 17.7. The smallest absolute Gasteiger partial charge is 0.243 e. The van der Waals surface area contributed by atoms with Gasteiger partial charge in [0.15, 0.2) is 0 Å². The lowest BCUT2D eigenvalue weighted by atomic mass is 9.85. The molecule has 2 fully saturated rings. The predicted octanol–water partition coefficient (Wildman–Crippen LogP) is 2.31. The Morgan fingerprint density at radius 3 is 2.21 bits per heavy atom. The van der Waals surface area contributed by atoms with Crippen molar-refractivity contribution in [3.63, 3.8) is 0 Å². The van der Waals surface area contributed by atoms with Crippen LogP contribution < -0.4 is 5.32 Å². The molecular weight excluding hydrogens is 388 g/mol. The van der Waals surface area contributed by atoms with Crippen LogP contribution in [0.4, 0.5) is 0 Å². The summed E-state index contributed by atoms with van der Waals surface area (Å²) in [5, 5.41) is 10.7. The number of hydrogen-bond acceptors (Lipinski definition) is 4. The third-order valence-corrected chi connectivity index (χ3v) is 7.71. The Morgan fingerprint density at radius 2 is 1.69 bits per heavy atom. The Morgan fingerprint density at radius 1 is 1.10 bits per heavy atom. The van der Waals surface area contributed by atoms with E-state index in [1.807, 2.05) is 4.90 Å². The molecule has 0 radical (unpaired) electrons. The van der Waals surface area contributed by atoms with Crippen LogP contribution in [0.3, 0.4) is 0 Å². The number of amidine groups is 1. The van der Waals surface area contributed by atoms with E-state index in [1.165, 1.54) is 4.31 Å². The number of nitrogens with one attached hydrogen (secondary N) is 2. The molecule has 7 nitrogen and oxygen atoms in total. The summed E-state index contributed by atoms with van der Waals surface area (Å²) in [5.74, 6) is 0.618. The van der Waals surface area contributed by atoms with Gasteiger partial charge in [0.2, 0.25) is 15.9 Å². The molecule has 3 rings (SSSR count). The van der Waals surface area contributed by atoms with E-state index in [-0.39, 0.29) is 22.8 Å². The summed E-state index contributed by atoms with van der Waals surface area (Å²) in [6, 6.07) is 6.97. The highest BCUT2D eigenvalue weighted by molar-refractivity contribution is 7.89. The summed E-state index contributed by atoms with van der Waals surface area (Å²) < 4.78 is 27.2. The summed E-state index contributed by atoms with van der Waals surface area (Å²) in [6.45, 7) is 6.92. The van der Waals surface area contributed by atoms with E-state index in [0.29, 0.717) is 32.0 Å². The Balaban J connectivity index is 1.54. The molecule has 0 atom stereocenters. The van der Waals surface area contributed by atoms with E-state index in [0.717, 1.165) is 31.2 Å². The molecule has 29 heavy (non-hydrogen) atoms. The minimum absolute atomic E-state index is 0.00805.